The molecule has 0 radical (unpaired) electrons. The van der Waals surface area contributed by atoms with Crippen molar-refractivity contribution in [2.24, 2.45) is 11.7 Å². The van der Waals surface area contributed by atoms with Crippen molar-refractivity contribution in [1.82, 2.24) is 5.32 Å². The van der Waals surface area contributed by atoms with Crippen LogP contribution in [0, 0.1) is 5.92 Å². The summed E-state index contributed by atoms with van der Waals surface area (Å²) in [7, 11) is 1.35. The molecule has 2 rings (SSSR count). The Morgan fingerprint density at radius 2 is 1.67 bits per heavy atom. The molecule has 0 aliphatic carbocycles. The van der Waals surface area contributed by atoms with Gasteiger partial charge in [-0.2, -0.15) is 0 Å². The van der Waals surface area contributed by atoms with E-state index in [-0.39, 0.29) is 18.4 Å². The summed E-state index contributed by atoms with van der Waals surface area (Å²) in [5, 5.41) is 2.81. The Labute approximate surface area is 159 Å². The summed E-state index contributed by atoms with van der Waals surface area (Å²) in [6, 6.07) is 14.6. The van der Waals surface area contributed by atoms with Crippen LogP contribution in [0.1, 0.15) is 28.4 Å². The Balaban J connectivity index is 1.98. The maximum atomic E-state index is 12.3. The summed E-state index contributed by atoms with van der Waals surface area (Å²) in [6.07, 6.45) is 0.464. The van der Waals surface area contributed by atoms with Crippen molar-refractivity contribution >= 4 is 11.9 Å². The maximum Gasteiger partial charge on any atom is 0.310 e. The molecule has 1 amide bonds. The van der Waals surface area contributed by atoms with E-state index in [2.05, 4.69) is 5.32 Å². The van der Waals surface area contributed by atoms with Crippen molar-refractivity contribution in [3.05, 3.63) is 65.2 Å². The lowest BCUT2D eigenvalue weighted by atomic mass is 9.99. The highest BCUT2D eigenvalue weighted by molar-refractivity contribution is 5.94. The molecule has 0 saturated heterocycles. The first-order chi connectivity index (χ1) is 13.1. The first kappa shape index (κ1) is 20.5. The second-order valence-corrected chi connectivity index (χ2v) is 6.11. The quantitative estimate of drug-likeness (QED) is 0.661. The number of carbonyl (C=O) groups excluding carboxylic acids is 2. The molecule has 0 aromatic heterocycles. The lowest BCUT2D eigenvalue weighted by Gasteiger charge is -2.16. The number of benzene rings is 2. The zero-order chi connectivity index (χ0) is 19.6. The van der Waals surface area contributed by atoms with Gasteiger partial charge in [0.2, 0.25) is 0 Å². The Kier molecular flexibility index (Phi) is 7.82. The third-order valence-corrected chi connectivity index (χ3v) is 4.21. The monoisotopic (exact) mass is 370 g/mol. The van der Waals surface area contributed by atoms with Gasteiger partial charge in [0, 0.05) is 18.7 Å². The van der Waals surface area contributed by atoms with Crippen LogP contribution in [0.3, 0.4) is 0 Å². The van der Waals surface area contributed by atoms with E-state index in [1.165, 1.54) is 7.11 Å². The Morgan fingerprint density at radius 1 is 1.04 bits per heavy atom. The van der Waals surface area contributed by atoms with Gasteiger partial charge in [-0.25, -0.2) is 0 Å². The highest BCUT2D eigenvalue weighted by Gasteiger charge is 2.21. The number of rotatable bonds is 9. The van der Waals surface area contributed by atoms with Crippen LogP contribution in [0.5, 0.6) is 5.75 Å². The van der Waals surface area contributed by atoms with Gasteiger partial charge in [0.15, 0.2) is 0 Å². The smallest absolute Gasteiger partial charge is 0.310 e. The van der Waals surface area contributed by atoms with Gasteiger partial charge in [0.25, 0.3) is 5.91 Å². The number of ether oxygens (including phenoxy) is 2. The molecule has 0 aliphatic rings. The molecule has 144 valence electrons. The highest BCUT2D eigenvalue weighted by Crippen LogP contribution is 2.16. The molecule has 6 heteroatoms. The Morgan fingerprint density at radius 3 is 2.22 bits per heavy atom. The van der Waals surface area contributed by atoms with E-state index in [1.807, 2.05) is 43.3 Å². The number of methoxy groups -OCH3 is 1. The molecule has 27 heavy (non-hydrogen) atoms. The van der Waals surface area contributed by atoms with Gasteiger partial charge >= 0.3 is 5.97 Å². The fraction of sp³-hybridized carbons (Fsp3) is 0.333. The van der Waals surface area contributed by atoms with Crippen LogP contribution in [0.2, 0.25) is 0 Å². The van der Waals surface area contributed by atoms with Gasteiger partial charge in [0.05, 0.1) is 19.6 Å². The topological polar surface area (TPSA) is 90.6 Å². The van der Waals surface area contributed by atoms with E-state index < -0.39 is 5.92 Å². The molecular weight excluding hydrogens is 344 g/mol. The van der Waals surface area contributed by atoms with Crippen molar-refractivity contribution < 1.29 is 19.1 Å². The number of nitrogens with one attached hydrogen (secondary N) is 1. The third kappa shape index (κ3) is 6.11. The molecule has 0 spiro atoms. The number of hydrogen-bond acceptors (Lipinski definition) is 5. The minimum atomic E-state index is -0.472. The second-order valence-electron chi connectivity index (χ2n) is 6.11. The largest absolute Gasteiger partial charge is 0.494 e. The first-order valence-corrected chi connectivity index (χ1v) is 8.94. The molecular formula is C21H26N2O4. The zero-order valence-corrected chi connectivity index (χ0v) is 15.7. The van der Waals surface area contributed by atoms with E-state index in [0.29, 0.717) is 25.1 Å². The van der Waals surface area contributed by atoms with Crippen LogP contribution in [-0.4, -0.2) is 32.1 Å². The van der Waals surface area contributed by atoms with E-state index in [4.69, 9.17) is 15.2 Å². The van der Waals surface area contributed by atoms with Crippen LogP contribution in [0.15, 0.2) is 48.5 Å². The van der Waals surface area contributed by atoms with Crippen LogP contribution in [0.4, 0.5) is 0 Å². The molecule has 0 heterocycles. The van der Waals surface area contributed by atoms with Crippen molar-refractivity contribution in [3.8, 4) is 5.75 Å². The standard InChI is InChI=1S/C21H26N2O4/c1-3-27-19-10-6-15(7-11-19)12-18(21(25)26-2)14-23-20(24)17-8-4-16(13-22)5-9-17/h4-11,18H,3,12-14,22H2,1-2H3,(H,23,24). The maximum absolute atomic E-state index is 12.3. The Bertz CT molecular complexity index is 742. The third-order valence-electron chi connectivity index (χ3n) is 4.21. The predicted octanol–water partition coefficient (Wildman–Crippen LogP) is 2.31. The van der Waals surface area contributed by atoms with E-state index in [9.17, 15) is 9.59 Å². The summed E-state index contributed by atoms with van der Waals surface area (Å²) in [5.41, 5.74) is 8.01. The summed E-state index contributed by atoms with van der Waals surface area (Å²) in [6.45, 7) is 3.14. The second kappa shape index (κ2) is 10.3. The van der Waals surface area contributed by atoms with Crippen molar-refractivity contribution in [3.63, 3.8) is 0 Å². The van der Waals surface area contributed by atoms with E-state index in [1.54, 1.807) is 12.1 Å². The van der Waals surface area contributed by atoms with Crippen LogP contribution in [0.25, 0.3) is 0 Å². The van der Waals surface area contributed by atoms with Crippen molar-refractivity contribution in [1.29, 1.82) is 0 Å². The van der Waals surface area contributed by atoms with Gasteiger partial charge < -0.3 is 20.5 Å². The number of hydrogen-bond donors (Lipinski definition) is 2. The summed E-state index contributed by atoms with van der Waals surface area (Å²) < 4.78 is 10.3. The summed E-state index contributed by atoms with van der Waals surface area (Å²) in [5.74, 6) is -0.285. The average molecular weight is 370 g/mol. The molecule has 1 unspecified atom stereocenters. The number of amides is 1. The van der Waals surface area contributed by atoms with Crippen molar-refractivity contribution in [2.75, 3.05) is 20.3 Å². The predicted molar refractivity (Wildman–Crippen MR) is 103 cm³/mol. The van der Waals surface area contributed by atoms with Gasteiger partial charge in [-0.15, -0.1) is 0 Å². The minimum Gasteiger partial charge on any atom is -0.494 e. The van der Waals surface area contributed by atoms with Crippen LogP contribution < -0.4 is 15.8 Å². The van der Waals surface area contributed by atoms with Gasteiger partial charge in [-0.1, -0.05) is 24.3 Å². The molecule has 3 N–H and O–H groups in total. The normalized spacial score (nSPS) is 11.5. The molecule has 0 aliphatic heterocycles. The molecule has 1 atom stereocenters. The minimum absolute atomic E-state index is 0.192. The lowest BCUT2D eigenvalue weighted by Crippen LogP contribution is -2.34. The molecule has 6 nitrogen and oxygen atoms in total. The van der Waals surface area contributed by atoms with Crippen molar-refractivity contribution in [2.45, 2.75) is 19.9 Å². The zero-order valence-electron chi connectivity index (χ0n) is 15.7. The SMILES string of the molecule is CCOc1ccc(CC(CNC(=O)c2ccc(CN)cc2)C(=O)OC)cc1. The van der Waals surface area contributed by atoms with Gasteiger partial charge in [-0.3, -0.25) is 9.59 Å². The van der Waals surface area contributed by atoms with E-state index >= 15 is 0 Å². The molecule has 2 aromatic carbocycles. The van der Waals surface area contributed by atoms with E-state index in [0.717, 1.165) is 16.9 Å². The summed E-state index contributed by atoms with van der Waals surface area (Å²) >= 11 is 0. The first-order valence-electron chi connectivity index (χ1n) is 8.94. The van der Waals surface area contributed by atoms with Gasteiger partial charge in [0.1, 0.15) is 5.75 Å². The Hall–Kier alpha value is -2.86. The molecule has 0 saturated carbocycles. The van der Waals surface area contributed by atoms with Crippen LogP contribution in [-0.2, 0) is 22.5 Å². The molecule has 2 aromatic rings. The van der Waals surface area contributed by atoms with Crippen LogP contribution >= 0.6 is 0 Å². The number of nitrogens with two attached hydrogens (primary N) is 1. The molecule has 0 fully saturated rings. The fourth-order valence-corrected chi connectivity index (χ4v) is 2.69. The lowest BCUT2D eigenvalue weighted by molar-refractivity contribution is -0.145. The molecule has 0 bridgehead atoms. The van der Waals surface area contributed by atoms with Gasteiger partial charge in [-0.05, 0) is 48.7 Å². The summed E-state index contributed by atoms with van der Waals surface area (Å²) in [4.78, 5) is 24.4. The fourth-order valence-electron chi connectivity index (χ4n) is 2.69. The average Bonchev–Trinajstić information content (AvgIpc) is 2.71. The number of carbonyl (C=O) groups is 2. The highest BCUT2D eigenvalue weighted by atomic mass is 16.5. The number of esters is 1.